The van der Waals surface area contributed by atoms with Crippen LogP contribution in [0.2, 0.25) is 0 Å². The van der Waals surface area contributed by atoms with Gasteiger partial charge in [-0.2, -0.15) is 10.2 Å². The van der Waals surface area contributed by atoms with E-state index in [0.29, 0.717) is 56.0 Å². The molecule has 4 rings (SSSR count). The van der Waals surface area contributed by atoms with Crippen LogP contribution in [0.5, 0.6) is 11.5 Å². The van der Waals surface area contributed by atoms with Crippen molar-refractivity contribution >= 4 is 34.8 Å². The number of anilines is 2. The smallest absolute Gasteiger partial charge is 0.176 e. The average Bonchev–Trinajstić information content (AvgIpc) is 2.90. The van der Waals surface area contributed by atoms with Gasteiger partial charge < -0.3 is 20.4 Å². The fourth-order valence-corrected chi connectivity index (χ4v) is 3.43. The number of hydrogen-bond donors (Lipinski definition) is 6. The molecule has 6 N–H and O–H groups in total. The second kappa shape index (κ2) is 10.7. The normalized spacial score (nSPS) is 11.6. The lowest BCUT2D eigenvalue weighted by molar-refractivity contribution is 0.280. The Bertz CT molecular complexity index is 1360. The van der Waals surface area contributed by atoms with Gasteiger partial charge in [0.2, 0.25) is 0 Å². The van der Waals surface area contributed by atoms with E-state index in [1.807, 2.05) is 24.3 Å². The lowest BCUT2D eigenvalue weighted by atomic mass is 10.1. The molecule has 0 unspecified atom stereocenters. The molecule has 0 fully saturated rings. The Hall–Kier alpha value is -4.68. The highest BCUT2D eigenvalue weighted by Gasteiger charge is 2.12. The van der Waals surface area contributed by atoms with Gasteiger partial charge in [0.15, 0.2) is 11.6 Å². The Morgan fingerprint density at radius 3 is 1.56 bits per heavy atom. The number of benzene rings is 1. The van der Waals surface area contributed by atoms with Gasteiger partial charge in [0.1, 0.15) is 11.5 Å². The second-order valence-corrected chi connectivity index (χ2v) is 7.76. The lowest BCUT2D eigenvalue weighted by Gasteiger charge is -2.09. The van der Waals surface area contributed by atoms with Crippen LogP contribution in [-0.2, 0) is 13.2 Å². The molecule has 3 aromatic heterocycles. The molecule has 0 aliphatic carbocycles. The first-order chi connectivity index (χ1) is 17.4. The Morgan fingerprint density at radius 1 is 0.750 bits per heavy atom. The van der Waals surface area contributed by atoms with E-state index in [9.17, 15) is 20.4 Å². The van der Waals surface area contributed by atoms with E-state index in [1.54, 1.807) is 13.8 Å². The summed E-state index contributed by atoms with van der Waals surface area (Å²) in [5.74, 6) is 0.579. The zero-order valence-electron chi connectivity index (χ0n) is 19.5. The Kier molecular flexibility index (Phi) is 7.28. The molecule has 0 atom stereocenters. The Balaban J connectivity index is 1.60. The molecule has 12 heteroatoms. The monoisotopic (exact) mass is 488 g/mol. The van der Waals surface area contributed by atoms with Crippen LogP contribution in [0.15, 0.2) is 46.9 Å². The maximum absolute atomic E-state index is 10.3. The molecule has 0 amide bonds. The first-order valence-electron chi connectivity index (χ1n) is 10.8. The number of nitrogens with zero attached hydrogens (tertiary/aromatic N) is 6. The van der Waals surface area contributed by atoms with Gasteiger partial charge in [0.05, 0.1) is 37.0 Å². The quantitative estimate of drug-likeness (QED) is 0.159. The van der Waals surface area contributed by atoms with Crippen molar-refractivity contribution in [3.8, 4) is 11.5 Å². The number of aromatic nitrogens is 4. The van der Waals surface area contributed by atoms with Gasteiger partial charge in [-0.1, -0.05) is 24.3 Å². The standard InChI is InChI=1S/C24H24N8O4/c1-13-21(35)19(15(11-33)7-25-13)9-27-29-23-17-5-3-4-6-18(17)24(32-31-23)30-28-10-20-16(12-34)8-26-14(2)22(20)36/h3-10,33-36H,11-12H2,1-2H3,(H,29,31)(H,30,32)/b27-9+,28-10+. The summed E-state index contributed by atoms with van der Waals surface area (Å²) in [5, 5.41) is 57.6. The number of rotatable bonds is 8. The largest absolute Gasteiger partial charge is 0.505 e. The number of hydrazone groups is 2. The third-order valence-electron chi connectivity index (χ3n) is 5.47. The van der Waals surface area contributed by atoms with Crippen LogP contribution in [0.3, 0.4) is 0 Å². The highest BCUT2D eigenvalue weighted by atomic mass is 16.3. The van der Waals surface area contributed by atoms with Crippen molar-refractivity contribution in [3.05, 3.63) is 70.3 Å². The minimum Gasteiger partial charge on any atom is -0.505 e. The van der Waals surface area contributed by atoms with Crippen molar-refractivity contribution in [2.45, 2.75) is 27.1 Å². The van der Waals surface area contributed by atoms with Gasteiger partial charge >= 0.3 is 0 Å². The highest BCUT2D eigenvalue weighted by molar-refractivity contribution is 5.99. The molecule has 0 saturated carbocycles. The van der Waals surface area contributed by atoms with E-state index in [2.05, 4.69) is 41.2 Å². The molecule has 0 radical (unpaired) electrons. The molecule has 4 aromatic rings. The number of pyridine rings is 2. The van der Waals surface area contributed by atoms with Crippen molar-refractivity contribution in [3.63, 3.8) is 0 Å². The van der Waals surface area contributed by atoms with E-state index >= 15 is 0 Å². The van der Waals surface area contributed by atoms with E-state index in [4.69, 9.17) is 0 Å². The molecule has 0 aliphatic rings. The van der Waals surface area contributed by atoms with Crippen LogP contribution in [-0.4, -0.2) is 53.0 Å². The minimum absolute atomic E-state index is 0.0692. The Morgan fingerprint density at radius 2 is 1.17 bits per heavy atom. The van der Waals surface area contributed by atoms with Crippen molar-refractivity contribution in [1.29, 1.82) is 0 Å². The third-order valence-corrected chi connectivity index (χ3v) is 5.47. The number of hydrogen-bond acceptors (Lipinski definition) is 12. The van der Waals surface area contributed by atoms with E-state index < -0.39 is 0 Å². The molecular weight excluding hydrogens is 464 g/mol. The van der Waals surface area contributed by atoms with Crippen LogP contribution in [0.25, 0.3) is 10.8 Å². The Labute approximate surface area is 205 Å². The number of fused-ring (bicyclic) bond motifs is 1. The molecule has 0 aliphatic heterocycles. The molecule has 0 saturated heterocycles. The van der Waals surface area contributed by atoms with E-state index in [0.717, 1.165) is 0 Å². The summed E-state index contributed by atoms with van der Waals surface area (Å²) in [6.07, 6.45) is 5.71. The molecule has 1 aromatic carbocycles. The van der Waals surface area contributed by atoms with Gasteiger partial charge in [-0.05, 0) is 13.8 Å². The second-order valence-electron chi connectivity index (χ2n) is 7.76. The number of aryl methyl sites for hydroxylation is 2. The zero-order valence-corrected chi connectivity index (χ0v) is 19.5. The maximum atomic E-state index is 10.3. The number of nitrogens with one attached hydrogen (secondary N) is 2. The molecule has 0 bridgehead atoms. The summed E-state index contributed by atoms with van der Waals surface area (Å²) in [5.41, 5.74) is 8.02. The molecule has 12 nitrogen and oxygen atoms in total. The van der Waals surface area contributed by atoms with Crippen LogP contribution in [0, 0.1) is 13.8 Å². The summed E-state index contributed by atoms with van der Waals surface area (Å²) in [6, 6.07) is 7.32. The van der Waals surface area contributed by atoms with Gasteiger partial charge in [-0.15, -0.1) is 10.2 Å². The average molecular weight is 489 g/mol. The summed E-state index contributed by atoms with van der Waals surface area (Å²) >= 11 is 0. The highest BCUT2D eigenvalue weighted by Crippen LogP contribution is 2.27. The lowest BCUT2D eigenvalue weighted by Crippen LogP contribution is -2.03. The van der Waals surface area contributed by atoms with E-state index in [-0.39, 0.29) is 24.7 Å². The van der Waals surface area contributed by atoms with Gasteiger partial charge in [0.25, 0.3) is 0 Å². The summed E-state index contributed by atoms with van der Waals surface area (Å²) < 4.78 is 0. The van der Waals surface area contributed by atoms with Crippen molar-refractivity contribution in [2.75, 3.05) is 10.9 Å². The van der Waals surface area contributed by atoms with Gasteiger partial charge in [-0.25, -0.2) is 0 Å². The van der Waals surface area contributed by atoms with Crippen LogP contribution >= 0.6 is 0 Å². The van der Waals surface area contributed by atoms with Crippen LogP contribution in [0.4, 0.5) is 11.6 Å². The van der Waals surface area contributed by atoms with Crippen LogP contribution < -0.4 is 10.9 Å². The summed E-state index contributed by atoms with van der Waals surface area (Å²) in [6.45, 7) is 2.69. The van der Waals surface area contributed by atoms with E-state index in [1.165, 1.54) is 24.8 Å². The maximum Gasteiger partial charge on any atom is 0.176 e. The molecule has 36 heavy (non-hydrogen) atoms. The topological polar surface area (TPSA) is 181 Å². The summed E-state index contributed by atoms with van der Waals surface area (Å²) in [7, 11) is 0. The third kappa shape index (κ3) is 4.89. The predicted octanol–water partition coefficient (Wildman–Crippen LogP) is 2.32. The minimum atomic E-state index is -0.303. The van der Waals surface area contributed by atoms with Crippen molar-refractivity contribution < 1.29 is 20.4 Å². The van der Waals surface area contributed by atoms with Crippen molar-refractivity contribution in [1.82, 2.24) is 20.2 Å². The number of aliphatic hydroxyl groups is 2. The van der Waals surface area contributed by atoms with Crippen molar-refractivity contribution in [2.24, 2.45) is 10.2 Å². The van der Waals surface area contributed by atoms with Gasteiger partial charge in [-0.3, -0.25) is 20.8 Å². The molecular formula is C24H24N8O4. The first-order valence-corrected chi connectivity index (χ1v) is 10.8. The number of aromatic hydroxyl groups is 2. The first kappa shape index (κ1) is 24.4. The van der Waals surface area contributed by atoms with Crippen LogP contribution in [0.1, 0.15) is 33.6 Å². The molecule has 184 valence electrons. The fraction of sp³-hybridized carbons (Fsp3) is 0.167. The molecule has 3 heterocycles. The number of aliphatic hydroxyl groups excluding tert-OH is 2. The van der Waals surface area contributed by atoms with Gasteiger partial charge in [0, 0.05) is 45.4 Å². The predicted molar refractivity (Wildman–Crippen MR) is 135 cm³/mol. The summed E-state index contributed by atoms with van der Waals surface area (Å²) in [4.78, 5) is 8.05. The zero-order chi connectivity index (χ0) is 25.7. The molecule has 0 spiro atoms. The fourth-order valence-electron chi connectivity index (χ4n) is 3.43. The SMILES string of the molecule is Cc1ncc(CO)c(/C=N/Nc2nnc(N/N=C/c3c(CO)cnc(C)c3O)c3ccccc23)c1O.